The molecule has 0 aromatic heterocycles. The van der Waals surface area contributed by atoms with E-state index in [4.69, 9.17) is 16.3 Å². The first kappa shape index (κ1) is 26.6. The number of nitrogens with zero attached hydrogens (tertiary/aromatic N) is 2. The van der Waals surface area contributed by atoms with Crippen LogP contribution in [0.1, 0.15) is 5.56 Å². The Labute approximate surface area is 212 Å². The number of rotatable bonds is 10. The van der Waals surface area contributed by atoms with E-state index in [1.54, 1.807) is 24.3 Å². The summed E-state index contributed by atoms with van der Waals surface area (Å²) in [7, 11) is -3.72. The second kappa shape index (κ2) is 12.1. The Morgan fingerprint density at radius 1 is 1.00 bits per heavy atom. The Kier molecular flexibility index (Phi) is 8.98. The van der Waals surface area contributed by atoms with Crippen molar-refractivity contribution in [2.24, 2.45) is 5.10 Å². The van der Waals surface area contributed by atoms with Crippen LogP contribution in [-0.2, 0) is 19.6 Å². The highest BCUT2D eigenvalue weighted by Gasteiger charge is 2.20. The smallest absolute Gasteiger partial charge is 0.262 e. The van der Waals surface area contributed by atoms with Crippen molar-refractivity contribution in [3.05, 3.63) is 89.2 Å². The van der Waals surface area contributed by atoms with E-state index in [9.17, 15) is 22.4 Å². The molecule has 0 atom stereocenters. The lowest BCUT2D eigenvalue weighted by Crippen LogP contribution is -2.38. The van der Waals surface area contributed by atoms with Gasteiger partial charge in [-0.1, -0.05) is 11.6 Å². The summed E-state index contributed by atoms with van der Waals surface area (Å²) in [6, 6.07) is 17.9. The number of sulfonamides is 1. The first-order chi connectivity index (χ1) is 17.1. The maximum atomic E-state index is 12.9. The summed E-state index contributed by atoms with van der Waals surface area (Å²) in [5.41, 5.74) is 3.65. The number of nitrogens with one attached hydrogen (secondary N) is 2. The van der Waals surface area contributed by atoms with E-state index in [1.807, 2.05) is 0 Å². The zero-order valence-corrected chi connectivity index (χ0v) is 20.6. The van der Waals surface area contributed by atoms with Gasteiger partial charge in [0.25, 0.3) is 11.8 Å². The van der Waals surface area contributed by atoms with Gasteiger partial charge in [-0.25, -0.2) is 18.2 Å². The number of amides is 2. The molecule has 3 rings (SSSR count). The Hall–Kier alpha value is -3.96. The summed E-state index contributed by atoms with van der Waals surface area (Å²) < 4.78 is 43.5. The summed E-state index contributed by atoms with van der Waals surface area (Å²) >= 11 is 5.84. The number of ether oxygens (including phenoxy) is 1. The zero-order chi connectivity index (χ0) is 26.1. The van der Waals surface area contributed by atoms with Gasteiger partial charge in [0.05, 0.1) is 18.2 Å². The number of carbonyl (C=O) groups is 2. The third-order valence-electron chi connectivity index (χ3n) is 4.58. The van der Waals surface area contributed by atoms with Gasteiger partial charge in [-0.3, -0.25) is 13.9 Å². The average molecular weight is 533 g/mol. The quantitative estimate of drug-likeness (QED) is 0.306. The lowest BCUT2D eigenvalue weighted by molar-refractivity contribution is -0.119. The molecular weight excluding hydrogens is 511 g/mol. The average Bonchev–Trinajstić information content (AvgIpc) is 2.83. The molecule has 36 heavy (non-hydrogen) atoms. The van der Waals surface area contributed by atoms with E-state index in [0.29, 0.717) is 27.7 Å². The standard InChI is InChI=1S/C24H22ClFN4O5S/c1-36(33,34)30(21-10-4-18(25)5-11-21)15-23(31)29-27-14-17-2-12-22(13-3-17)35-16-24(32)28-20-8-6-19(26)7-9-20/h2-14H,15-16H2,1H3,(H,28,32)(H,29,31)/b27-14-. The molecular formula is C24H22ClFN4O5S. The number of hydrazone groups is 1. The van der Waals surface area contributed by atoms with E-state index in [2.05, 4.69) is 15.8 Å². The van der Waals surface area contributed by atoms with Crippen LogP contribution in [0, 0.1) is 5.82 Å². The van der Waals surface area contributed by atoms with Gasteiger partial charge >= 0.3 is 0 Å². The van der Waals surface area contributed by atoms with Gasteiger partial charge in [0.2, 0.25) is 10.0 Å². The van der Waals surface area contributed by atoms with Crippen LogP contribution in [0.3, 0.4) is 0 Å². The van der Waals surface area contributed by atoms with Crippen molar-refractivity contribution < 1.29 is 27.1 Å². The topological polar surface area (TPSA) is 117 Å². The van der Waals surface area contributed by atoms with E-state index < -0.39 is 34.2 Å². The summed E-state index contributed by atoms with van der Waals surface area (Å²) in [6.07, 6.45) is 2.37. The van der Waals surface area contributed by atoms with Gasteiger partial charge in [0.15, 0.2) is 6.61 Å². The number of hydrogen-bond donors (Lipinski definition) is 2. The van der Waals surface area contributed by atoms with Crippen LogP contribution >= 0.6 is 11.6 Å². The molecule has 3 aromatic rings. The van der Waals surface area contributed by atoms with Crippen LogP contribution in [0.5, 0.6) is 5.75 Å². The molecule has 9 nitrogen and oxygen atoms in total. The number of halogens is 2. The van der Waals surface area contributed by atoms with Crippen LogP contribution in [0.4, 0.5) is 15.8 Å². The van der Waals surface area contributed by atoms with Crippen molar-refractivity contribution in [3.63, 3.8) is 0 Å². The number of anilines is 2. The zero-order valence-electron chi connectivity index (χ0n) is 19.0. The molecule has 0 aliphatic carbocycles. The summed E-state index contributed by atoms with van der Waals surface area (Å²) in [5.74, 6) is -1.02. The van der Waals surface area contributed by atoms with E-state index in [-0.39, 0.29) is 6.61 Å². The Bertz CT molecular complexity index is 1330. The maximum Gasteiger partial charge on any atom is 0.262 e. The van der Waals surface area contributed by atoms with Crippen LogP contribution in [-0.4, -0.2) is 45.9 Å². The van der Waals surface area contributed by atoms with Crippen molar-refractivity contribution in [2.45, 2.75) is 0 Å². The summed E-state index contributed by atoms with van der Waals surface area (Å²) in [5, 5.41) is 6.86. The van der Waals surface area contributed by atoms with E-state index >= 15 is 0 Å². The highest BCUT2D eigenvalue weighted by atomic mass is 35.5. The molecule has 0 unspecified atom stereocenters. The van der Waals surface area contributed by atoms with Crippen molar-refractivity contribution >= 4 is 51.0 Å². The Morgan fingerprint density at radius 3 is 2.25 bits per heavy atom. The van der Waals surface area contributed by atoms with Gasteiger partial charge in [-0.2, -0.15) is 5.10 Å². The summed E-state index contributed by atoms with van der Waals surface area (Å²) in [4.78, 5) is 24.2. The minimum Gasteiger partial charge on any atom is -0.484 e. The van der Waals surface area contributed by atoms with Gasteiger partial charge in [0, 0.05) is 10.7 Å². The predicted octanol–water partition coefficient (Wildman–Crippen LogP) is 3.41. The van der Waals surface area contributed by atoms with Crippen molar-refractivity contribution in [1.82, 2.24) is 5.43 Å². The van der Waals surface area contributed by atoms with E-state index in [1.165, 1.54) is 54.7 Å². The molecule has 0 saturated heterocycles. The third-order valence-corrected chi connectivity index (χ3v) is 5.98. The van der Waals surface area contributed by atoms with Crippen molar-refractivity contribution in [3.8, 4) is 5.75 Å². The summed E-state index contributed by atoms with van der Waals surface area (Å²) in [6.45, 7) is -0.712. The molecule has 2 amide bonds. The van der Waals surface area contributed by atoms with Gasteiger partial charge in [-0.15, -0.1) is 0 Å². The first-order valence-corrected chi connectivity index (χ1v) is 12.7. The number of carbonyl (C=O) groups excluding carboxylic acids is 2. The first-order valence-electron chi connectivity index (χ1n) is 10.4. The Morgan fingerprint density at radius 2 is 1.64 bits per heavy atom. The number of benzene rings is 3. The number of hydrogen-bond acceptors (Lipinski definition) is 6. The molecule has 0 aliphatic heterocycles. The van der Waals surface area contributed by atoms with E-state index in [0.717, 1.165) is 10.6 Å². The lowest BCUT2D eigenvalue weighted by Gasteiger charge is -2.21. The SMILES string of the molecule is CS(=O)(=O)N(CC(=O)N/N=C\c1ccc(OCC(=O)Nc2ccc(F)cc2)cc1)c1ccc(Cl)cc1. The monoisotopic (exact) mass is 532 g/mol. The van der Waals surface area contributed by atoms with Crippen molar-refractivity contribution in [2.75, 3.05) is 29.0 Å². The van der Waals surface area contributed by atoms with Crippen LogP contribution < -0.4 is 19.8 Å². The predicted molar refractivity (Wildman–Crippen MR) is 136 cm³/mol. The lowest BCUT2D eigenvalue weighted by atomic mass is 10.2. The van der Waals surface area contributed by atoms with Gasteiger partial charge in [-0.05, 0) is 78.4 Å². The highest BCUT2D eigenvalue weighted by molar-refractivity contribution is 7.92. The molecule has 2 N–H and O–H groups in total. The molecule has 0 bridgehead atoms. The molecule has 3 aromatic carbocycles. The minimum absolute atomic E-state index is 0.245. The van der Waals surface area contributed by atoms with Crippen LogP contribution in [0.15, 0.2) is 77.9 Å². The molecule has 0 aliphatic rings. The largest absolute Gasteiger partial charge is 0.484 e. The van der Waals surface area contributed by atoms with Gasteiger partial charge in [0.1, 0.15) is 18.1 Å². The van der Waals surface area contributed by atoms with Crippen molar-refractivity contribution in [1.29, 1.82) is 0 Å². The fourth-order valence-electron chi connectivity index (χ4n) is 2.88. The second-order valence-corrected chi connectivity index (χ2v) is 9.80. The molecule has 0 saturated carbocycles. The molecule has 0 radical (unpaired) electrons. The molecule has 12 heteroatoms. The van der Waals surface area contributed by atoms with Crippen LogP contribution in [0.25, 0.3) is 0 Å². The molecule has 0 heterocycles. The molecule has 188 valence electrons. The molecule has 0 spiro atoms. The third kappa shape index (κ3) is 8.36. The fraction of sp³-hybridized carbons (Fsp3) is 0.125. The minimum atomic E-state index is -3.72. The van der Waals surface area contributed by atoms with Crippen LogP contribution in [0.2, 0.25) is 5.02 Å². The normalized spacial score (nSPS) is 11.2. The Balaban J connectivity index is 1.48. The molecule has 0 fully saturated rings. The second-order valence-electron chi connectivity index (χ2n) is 7.45. The fourth-order valence-corrected chi connectivity index (χ4v) is 3.86. The van der Waals surface area contributed by atoms with Gasteiger partial charge < -0.3 is 10.1 Å². The highest BCUT2D eigenvalue weighted by Crippen LogP contribution is 2.20. The maximum absolute atomic E-state index is 12.9.